The van der Waals surface area contributed by atoms with Crippen LogP contribution in [0.4, 0.5) is 0 Å². The third-order valence-corrected chi connectivity index (χ3v) is 2.51. The van der Waals surface area contributed by atoms with Crippen molar-refractivity contribution in [3.8, 4) is 0 Å². The monoisotopic (exact) mass is 174 g/mol. The van der Waals surface area contributed by atoms with Crippen LogP contribution in [0.15, 0.2) is 24.3 Å². The number of ketones is 1. The Morgan fingerprint density at radius 2 is 2.23 bits per heavy atom. The summed E-state index contributed by atoms with van der Waals surface area (Å²) in [6.45, 7) is 2.02. The van der Waals surface area contributed by atoms with Crippen LogP contribution >= 0.6 is 0 Å². The first-order chi connectivity index (χ1) is 6.25. The number of hydrogen-bond donors (Lipinski definition) is 0. The van der Waals surface area contributed by atoms with Crippen LogP contribution in [0.1, 0.15) is 35.2 Å². The molecule has 0 aromatic heterocycles. The van der Waals surface area contributed by atoms with E-state index in [1.54, 1.807) is 0 Å². The second kappa shape index (κ2) is 3.33. The van der Waals surface area contributed by atoms with Crippen molar-refractivity contribution in [1.82, 2.24) is 0 Å². The van der Waals surface area contributed by atoms with Gasteiger partial charge in [-0.05, 0) is 31.7 Å². The van der Waals surface area contributed by atoms with Crippen LogP contribution < -0.4 is 0 Å². The summed E-state index contributed by atoms with van der Waals surface area (Å²) in [7, 11) is 0. The zero-order valence-electron chi connectivity index (χ0n) is 7.92. The van der Waals surface area contributed by atoms with E-state index in [1.807, 2.05) is 31.2 Å². The summed E-state index contributed by atoms with van der Waals surface area (Å²) < 4.78 is 0. The molecule has 0 amide bonds. The smallest absolute Gasteiger partial charge is 0.163 e. The fourth-order valence-corrected chi connectivity index (χ4v) is 1.52. The lowest BCUT2D eigenvalue weighted by molar-refractivity contribution is 0.0976. The number of rotatable bonds is 3. The molecule has 1 aliphatic carbocycles. The number of Topliss-reactive ketones (excluding diaryl/α,β-unsaturated/α-hetero) is 1. The van der Waals surface area contributed by atoms with Crippen molar-refractivity contribution in [3.05, 3.63) is 35.4 Å². The molecule has 1 aromatic carbocycles. The average Bonchev–Trinajstić information content (AvgIpc) is 2.88. The summed E-state index contributed by atoms with van der Waals surface area (Å²) in [5, 5.41) is 0. The van der Waals surface area contributed by atoms with Crippen molar-refractivity contribution >= 4 is 5.78 Å². The van der Waals surface area contributed by atoms with Gasteiger partial charge in [0, 0.05) is 12.0 Å². The molecule has 1 saturated carbocycles. The first-order valence-electron chi connectivity index (χ1n) is 4.85. The predicted molar refractivity (Wildman–Crippen MR) is 52.9 cm³/mol. The summed E-state index contributed by atoms with van der Waals surface area (Å²) in [5.41, 5.74) is 2.05. The van der Waals surface area contributed by atoms with Gasteiger partial charge in [0.1, 0.15) is 0 Å². The van der Waals surface area contributed by atoms with Crippen molar-refractivity contribution in [2.24, 2.45) is 5.92 Å². The van der Waals surface area contributed by atoms with Crippen molar-refractivity contribution in [2.45, 2.75) is 26.2 Å². The van der Waals surface area contributed by atoms with E-state index in [1.165, 1.54) is 18.4 Å². The van der Waals surface area contributed by atoms with Gasteiger partial charge in [-0.3, -0.25) is 4.79 Å². The molecule has 68 valence electrons. The van der Waals surface area contributed by atoms with Crippen LogP contribution in [-0.2, 0) is 0 Å². The van der Waals surface area contributed by atoms with Gasteiger partial charge in [0.25, 0.3) is 0 Å². The molecular weight excluding hydrogens is 160 g/mol. The van der Waals surface area contributed by atoms with E-state index in [4.69, 9.17) is 0 Å². The zero-order valence-corrected chi connectivity index (χ0v) is 7.92. The molecule has 0 heterocycles. The van der Waals surface area contributed by atoms with Gasteiger partial charge in [-0.15, -0.1) is 0 Å². The van der Waals surface area contributed by atoms with E-state index in [0.717, 1.165) is 12.0 Å². The Hall–Kier alpha value is -1.11. The number of aryl methyl sites for hydroxylation is 1. The third-order valence-electron chi connectivity index (χ3n) is 2.51. The molecule has 1 fully saturated rings. The maximum absolute atomic E-state index is 11.6. The summed E-state index contributed by atoms with van der Waals surface area (Å²) >= 11 is 0. The molecule has 0 atom stereocenters. The maximum atomic E-state index is 11.6. The lowest BCUT2D eigenvalue weighted by Crippen LogP contribution is -1.99. The molecule has 1 aliphatic rings. The van der Waals surface area contributed by atoms with Gasteiger partial charge in [-0.2, -0.15) is 0 Å². The first-order valence-corrected chi connectivity index (χ1v) is 4.85. The molecule has 1 aromatic rings. The normalized spacial score (nSPS) is 15.8. The van der Waals surface area contributed by atoms with Crippen LogP contribution in [0.5, 0.6) is 0 Å². The van der Waals surface area contributed by atoms with E-state index < -0.39 is 0 Å². The highest BCUT2D eigenvalue weighted by Gasteiger charge is 2.24. The fourth-order valence-electron chi connectivity index (χ4n) is 1.52. The molecule has 0 saturated heterocycles. The number of hydrogen-bond acceptors (Lipinski definition) is 1. The average molecular weight is 174 g/mol. The topological polar surface area (TPSA) is 17.1 Å². The Morgan fingerprint density at radius 1 is 1.46 bits per heavy atom. The van der Waals surface area contributed by atoms with Gasteiger partial charge in [-0.1, -0.05) is 23.8 Å². The Kier molecular flexibility index (Phi) is 2.17. The second-order valence-electron chi connectivity index (χ2n) is 3.94. The lowest BCUT2D eigenvalue weighted by atomic mass is 10.0. The number of carbonyl (C=O) groups is 1. The van der Waals surface area contributed by atoms with E-state index >= 15 is 0 Å². The van der Waals surface area contributed by atoms with Gasteiger partial charge in [-0.25, -0.2) is 0 Å². The highest BCUT2D eigenvalue weighted by Crippen LogP contribution is 2.33. The highest BCUT2D eigenvalue weighted by molar-refractivity contribution is 5.96. The Labute approximate surface area is 78.8 Å². The van der Waals surface area contributed by atoms with Crippen molar-refractivity contribution in [3.63, 3.8) is 0 Å². The second-order valence-corrected chi connectivity index (χ2v) is 3.94. The highest BCUT2D eigenvalue weighted by atomic mass is 16.1. The summed E-state index contributed by atoms with van der Waals surface area (Å²) in [5.74, 6) is 0.999. The minimum atomic E-state index is 0.311. The van der Waals surface area contributed by atoms with Crippen LogP contribution in [-0.4, -0.2) is 5.78 Å². The first kappa shape index (κ1) is 8.49. The van der Waals surface area contributed by atoms with Gasteiger partial charge in [0.2, 0.25) is 0 Å². The van der Waals surface area contributed by atoms with Crippen molar-refractivity contribution in [1.29, 1.82) is 0 Å². The Bertz CT molecular complexity index is 324. The number of carbonyl (C=O) groups excluding carboxylic acids is 1. The third kappa shape index (κ3) is 2.18. The molecule has 1 nitrogen and oxygen atoms in total. The minimum absolute atomic E-state index is 0.311. The summed E-state index contributed by atoms with van der Waals surface area (Å²) in [6.07, 6.45) is 3.25. The lowest BCUT2D eigenvalue weighted by Gasteiger charge is -2.00. The molecule has 0 spiro atoms. The van der Waals surface area contributed by atoms with Crippen LogP contribution in [0.25, 0.3) is 0 Å². The largest absolute Gasteiger partial charge is 0.294 e. The zero-order chi connectivity index (χ0) is 9.26. The van der Waals surface area contributed by atoms with E-state index in [-0.39, 0.29) is 0 Å². The molecule has 0 N–H and O–H groups in total. The van der Waals surface area contributed by atoms with Gasteiger partial charge in [0.05, 0.1) is 0 Å². The van der Waals surface area contributed by atoms with E-state index in [9.17, 15) is 4.79 Å². The van der Waals surface area contributed by atoms with Gasteiger partial charge in [0.15, 0.2) is 5.78 Å². The van der Waals surface area contributed by atoms with Crippen LogP contribution in [0.3, 0.4) is 0 Å². The van der Waals surface area contributed by atoms with Gasteiger partial charge < -0.3 is 0 Å². The molecule has 1 heteroatoms. The molecular formula is C12H14O. The predicted octanol–water partition coefficient (Wildman–Crippen LogP) is 2.98. The van der Waals surface area contributed by atoms with Crippen molar-refractivity contribution < 1.29 is 4.79 Å². The van der Waals surface area contributed by atoms with E-state index in [0.29, 0.717) is 11.7 Å². The van der Waals surface area contributed by atoms with Crippen LogP contribution in [0, 0.1) is 12.8 Å². The fraction of sp³-hybridized carbons (Fsp3) is 0.417. The van der Waals surface area contributed by atoms with Crippen LogP contribution in [0.2, 0.25) is 0 Å². The maximum Gasteiger partial charge on any atom is 0.163 e. The molecule has 0 aliphatic heterocycles. The summed E-state index contributed by atoms with van der Waals surface area (Å²) in [4.78, 5) is 11.6. The number of benzene rings is 1. The van der Waals surface area contributed by atoms with E-state index in [2.05, 4.69) is 0 Å². The molecule has 0 unspecified atom stereocenters. The minimum Gasteiger partial charge on any atom is -0.294 e. The summed E-state index contributed by atoms with van der Waals surface area (Å²) in [6, 6.07) is 7.87. The SMILES string of the molecule is Cc1cccc(C(=O)CC2CC2)c1. The molecule has 13 heavy (non-hydrogen) atoms. The standard InChI is InChI=1S/C12H14O/c1-9-3-2-4-11(7-9)12(13)8-10-5-6-10/h2-4,7,10H,5-6,8H2,1H3. The quantitative estimate of drug-likeness (QED) is 0.644. The molecule has 0 bridgehead atoms. The van der Waals surface area contributed by atoms with Gasteiger partial charge >= 0.3 is 0 Å². The Morgan fingerprint density at radius 3 is 2.85 bits per heavy atom. The molecule has 0 radical (unpaired) electrons. The van der Waals surface area contributed by atoms with Crippen molar-refractivity contribution in [2.75, 3.05) is 0 Å². The Balaban J connectivity index is 2.09. The molecule has 2 rings (SSSR count).